The number of hydrogen-bond donors (Lipinski definition) is 6. The summed E-state index contributed by atoms with van der Waals surface area (Å²) < 4.78 is 0. The summed E-state index contributed by atoms with van der Waals surface area (Å²) in [6.07, 6.45) is 5.97. The minimum atomic E-state index is -1.52. The molecule has 0 bridgehead atoms. The maximum atomic E-state index is 13.7. The van der Waals surface area contributed by atoms with Crippen molar-refractivity contribution in [3.8, 4) is 0 Å². The molecular weight excluding hydrogens is 1280 g/mol. The van der Waals surface area contributed by atoms with E-state index in [1.54, 1.807) is 74.8 Å². The second kappa shape index (κ2) is 24.3. The predicted molar refractivity (Wildman–Crippen MR) is 344 cm³/mol. The van der Waals surface area contributed by atoms with Crippen LogP contribution in [0.5, 0.6) is 0 Å². The van der Waals surface area contributed by atoms with Crippen molar-refractivity contribution in [3.63, 3.8) is 0 Å². The number of anilines is 2. The molecule has 0 spiro atoms. The molecule has 6 aromatic carbocycles. The van der Waals surface area contributed by atoms with Gasteiger partial charge < -0.3 is 31.1 Å². The Labute approximate surface area is 514 Å². The van der Waals surface area contributed by atoms with Gasteiger partial charge in [-0.15, -0.1) is 0 Å². The Morgan fingerprint density at radius 2 is 0.845 bits per heavy atom. The minimum Gasteiger partial charge on any atom is -0.387 e. The molecule has 2 aromatic heterocycles. The third-order valence-corrected chi connectivity index (χ3v) is 18.6. The lowest BCUT2D eigenvalue weighted by Gasteiger charge is -2.59. The Bertz CT molecular complexity index is 3490. The number of ketones is 2. The van der Waals surface area contributed by atoms with Gasteiger partial charge in [0, 0.05) is 95.6 Å². The summed E-state index contributed by atoms with van der Waals surface area (Å²) in [7, 11) is 0. The second-order valence-electron chi connectivity index (χ2n) is 23.7. The van der Waals surface area contributed by atoms with Gasteiger partial charge >= 0.3 is 0 Å². The van der Waals surface area contributed by atoms with Crippen LogP contribution in [0.4, 0.5) is 11.4 Å². The average Bonchev–Trinajstić information content (AvgIpc) is 1.39. The molecule has 12 nitrogen and oxygen atoms in total. The number of benzene rings is 6. The van der Waals surface area contributed by atoms with Crippen LogP contribution in [0.3, 0.4) is 0 Å². The van der Waals surface area contributed by atoms with E-state index in [1.165, 1.54) is 0 Å². The van der Waals surface area contributed by atoms with Crippen molar-refractivity contribution in [1.82, 2.24) is 9.97 Å². The van der Waals surface area contributed by atoms with Crippen molar-refractivity contribution < 1.29 is 39.6 Å². The van der Waals surface area contributed by atoms with Gasteiger partial charge in [0.25, 0.3) is 11.8 Å². The Morgan fingerprint density at radius 3 is 1.19 bits per heavy atom. The number of carbonyl (C=O) groups is 4. The molecule has 0 saturated heterocycles. The van der Waals surface area contributed by atoms with E-state index in [0.29, 0.717) is 69.0 Å². The van der Waals surface area contributed by atoms with Crippen LogP contribution in [0.15, 0.2) is 194 Å². The fraction of sp³-hybridized carbons (Fsp3) is 0.286. The first-order chi connectivity index (χ1) is 40.3. The fourth-order valence-corrected chi connectivity index (χ4v) is 14.3. The highest BCUT2D eigenvalue weighted by molar-refractivity contribution is 15.0. The molecule has 4 aliphatic rings. The van der Waals surface area contributed by atoms with Crippen LogP contribution in [0.2, 0.25) is 0 Å². The first-order valence-corrected chi connectivity index (χ1v) is 34.6. The summed E-state index contributed by atoms with van der Waals surface area (Å²) in [6.45, 7) is 7.06. The maximum Gasteiger partial charge on any atom is 0.255 e. The molecular formula is C70H68I2N4O8. The fourth-order valence-electron chi connectivity index (χ4n) is 14.3. The molecule has 6 N–H and O–H groups in total. The zero-order chi connectivity index (χ0) is 59.7. The topological polar surface area (TPSA) is 199 Å². The lowest BCUT2D eigenvalue weighted by Crippen LogP contribution is -2.63. The number of nitrogens with one attached hydrogen (secondary N) is 2. The van der Waals surface area contributed by atoms with Crippen LogP contribution >= 0.6 is 37.2 Å². The van der Waals surface area contributed by atoms with Crippen LogP contribution in [0.1, 0.15) is 139 Å². The van der Waals surface area contributed by atoms with Crippen LogP contribution < -0.4 is 10.6 Å². The number of halogens is 2. The van der Waals surface area contributed by atoms with Gasteiger partial charge in [0.1, 0.15) is 11.2 Å². The van der Waals surface area contributed by atoms with E-state index in [-0.39, 0.29) is 73.7 Å². The number of aromatic nitrogens is 2. The number of hydrogen-bond acceptors (Lipinski definition) is 10. The summed E-state index contributed by atoms with van der Waals surface area (Å²) in [4.78, 5) is 62.4. The lowest BCUT2D eigenvalue weighted by molar-refractivity contribution is -0.203. The molecule has 8 atom stereocenters. The molecule has 2 amide bonds. The standard InChI is InChI=1S/2C35H34N2O4.I2/c2*1-23-30(14-9-17-36-23)37-32(39)25-15-16-29-28(18-25)31(38)19-27-21-35(41,26-12-7-4-8-13-26)33(2,40)22-34(27,29)20-24-10-5-3-6-11-24;1-2/h2*3-18,27,40-41H,19-22H2,1-2H3,(H,37,39);/t2*27-,33-,34-,35-;/m11./s1. The Hall–Kier alpha value is -6.80. The maximum absolute atomic E-state index is 13.7. The van der Waals surface area contributed by atoms with E-state index < -0.39 is 33.2 Å². The molecule has 2 saturated carbocycles. The number of Topliss-reactive ketones (excluding diaryl/α,β-unsaturated/α-hetero) is 2. The van der Waals surface area contributed by atoms with Gasteiger partial charge in [0.15, 0.2) is 11.6 Å². The number of pyridine rings is 2. The van der Waals surface area contributed by atoms with E-state index in [4.69, 9.17) is 0 Å². The smallest absolute Gasteiger partial charge is 0.255 e. The van der Waals surface area contributed by atoms with Crippen molar-refractivity contribution in [2.24, 2.45) is 11.8 Å². The van der Waals surface area contributed by atoms with Crippen molar-refractivity contribution in [3.05, 3.63) is 261 Å². The van der Waals surface area contributed by atoms with Crippen LogP contribution in [0.25, 0.3) is 0 Å². The number of nitrogens with zero attached hydrogens (tertiary/aromatic N) is 2. The number of rotatable bonds is 10. The highest BCUT2D eigenvalue weighted by atomic mass is 128. The molecule has 0 aliphatic heterocycles. The number of amides is 2. The molecule has 0 radical (unpaired) electrons. The third-order valence-electron chi connectivity index (χ3n) is 18.6. The highest BCUT2D eigenvalue weighted by Gasteiger charge is 2.64. The SMILES string of the molecule is Cc1ncccc1NC(=O)c1ccc2c(c1)C(=O)C[C@@H]1C[C@@](O)(c3ccccc3)[C@](C)(O)C[C@@]21Cc1ccccc1.Cc1ncccc1NC(=O)c1ccc2c(c1)C(=O)C[C@@H]1C[C@@](O)(c3ccccc3)[C@](C)(O)C[C@@]21Cc1ccccc1.II. The second-order valence-corrected chi connectivity index (χ2v) is 23.7. The van der Waals surface area contributed by atoms with E-state index in [2.05, 4.69) is 82.1 Å². The lowest BCUT2D eigenvalue weighted by atomic mass is 9.48. The quantitative estimate of drug-likeness (QED) is 0.0716. The predicted octanol–water partition coefficient (Wildman–Crippen LogP) is 13.3. The summed E-state index contributed by atoms with van der Waals surface area (Å²) in [5.41, 5.74) is 2.32. The van der Waals surface area contributed by atoms with Gasteiger partial charge in [-0.25, -0.2) is 0 Å². The summed E-state index contributed by atoms with van der Waals surface area (Å²) in [6, 6.07) is 56.5. The highest BCUT2D eigenvalue weighted by Crippen LogP contribution is 2.62. The normalized spacial score (nSPS) is 26.5. The molecule has 84 heavy (non-hydrogen) atoms. The number of fused-ring (bicyclic) bond motifs is 6. The summed E-state index contributed by atoms with van der Waals surface area (Å²) in [5.74, 6) is -1.18. The Balaban J connectivity index is 0.000000182. The minimum absolute atomic E-state index is 0.0575. The molecule has 14 heteroatoms. The molecule has 2 heterocycles. The summed E-state index contributed by atoms with van der Waals surface area (Å²) in [5, 5.41) is 54.1. The van der Waals surface area contributed by atoms with Crippen molar-refractivity contribution >= 4 is 72.0 Å². The van der Waals surface area contributed by atoms with Crippen molar-refractivity contribution in [2.45, 2.75) is 112 Å². The molecule has 4 aliphatic carbocycles. The van der Waals surface area contributed by atoms with Crippen molar-refractivity contribution in [2.75, 3.05) is 10.6 Å². The average molecular weight is 1350 g/mol. The Morgan fingerprint density at radius 1 is 0.500 bits per heavy atom. The zero-order valence-electron chi connectivity index (χ0n) is 47.4. The summed E-state index contributed by atoms with van der Waals surface area (Å²) >= 11 is 4.24. The van der Waals surface area contributed by atoms with Gasteiger partial charge in [-0.05, 0) is 160 Å². The van der Waals surface area contributed by atoms with Gasteiger partial charge in [-0.3, -0.25) is 29.1 Å². The first kappa shape index (κ1) is 60.3. The zero-order valence-corrected chi connectivity index (χ0v) is 51.7. The third kappa shape index (κ3) is 11.3. The molecule has 430 valence electrons. The van der Waals surface area contributed by atoms with Crippen LogP contribution in [0, 0.1) is 25.7 Å². The van der Waals surface area contributed by atoms with Crippen molar-refractivity contribution in [1.29, 1.82) is 0 Å². The Kier molecular flexibility index (Phi) is 17.4. The number of aliphatic hydroxyl groups is 4. The van der Waals surface area contributed by atoms with E-state index in [9.17, 15) is 39.6 Å². The van der Waals surface area contributed by atoms with Gasteiger partial charge in [0.05, 0.1) is 34.0 Å². The van der Waals surface area contributed by atoms with Crippen LogP contribution in [-0.4, -0.2) is 65.0 Å². The monoisotopic (exact) mass is 1350 g/mol. The van der Waals surface area contributed by atoms with Crippen LogP contribution in [-0.2, 0) is 34.9 Å². The molecule has 12 rings (SSSR count). The number of aryl methyl sites for hydroxylation is 2. The molecule has 0 unspecified atom stereocenters. The van der Waals surface area contributed by atoms with Gasteiger partial charge in [0.2, 0.25) is 0 Å². The number of carbonyl (C=O) groups excluding carboxylic acids is 4. The molecule has 2 fully saturated rings. The van der Waals surface area contributed by atoms with Gasteiger partial charge in [-0.1, -0.05) is 133 Å². The molecule has 8 aromatic rings. The van der Waals surface area contributed by atoms with Gasteiger partial charge in [-0.2, -0.15) is 0 Å². The van der Waals surface area contributed by atoms with E-state index >= 15 is 0 Å². The largest absolute Gasteiger partial charge is 0.387 e. The van der Waals surface area contributed by atoms with E-state index in [0.717, 1.165) is 22.3 Å². The first-order valence-electron chi connectivity index (χ1n) is 28.3. The van der Waals surface area contributed by atoms with E-state index in [1.807, 2.05) is 123 Å².